The number of hydrogen-bond donors (Lipinski definition) is 2. The van der Waals surface area contributed by atoms with E-state index in [1.165, 1.54) is 25.5 Å². The van der Waals surface area contributed by atoms with Gasteiger partial charge in [0.05, 0.1) is 5.69 Å². The molecule has 0 aliphatic carbocycles. The molecule has 2 N–H and O–H groups in total. The summed E-state index contributed by atoms with van der Waals surface area (Å²) in [5.41, 5.74) is -1.33. The Labute approximate surface area is 90.3 Å². The highest BCUT2D eigenvalue weighted by Gasteiger charge is 2.49. The fraction of sp³-hybridized carbons (Fsp3) is 0.222. The van der Waals surface area contributed by atoms with Crippen LogP contribution >= 0.6 is 0 Å². The third-order valence-electron chi connectivity index (χ3n) is 2.44. The van der Waals surface area contributed by atoms with E-state index in [0.29, 0.717) is 0 Å². The van der Waals surface area contributed by atoms with Crippen LogP contribution in [0.2, 0.25) is 0 Å². The molecule has 0 bridgehead atoms. The van der Waals surface area contributed by atoms with E-state index in [1.54, 1.807) is 0 Å². The molecule has 4 amide bonds. The molecule has 7 nitrogen and oxygen atoms in total. The number of aromatic nitrogens is 2. The van der Waals surface area contributed by atoms with Crippen LogP contribution in [-0.2, 0) is 15.0 Å². The number of barbiturate groups is 1. The SMILES string of the molecule is CC1(c2cnccn2)C(=O)NC(=O)NC1=O. The summed E-state index contributed by atoms with van der Waals surface area (Å²) in [7, 11) is 0. The van der Waals surface area contributed by atoms with E-state index < -0.39 is 23.3 Å². The van der Waals surface area contributed by atoms with Crippen molar-refractivity contribution in [2.45, 2.75) is 12.3 Å². The van der Waals surface area contributed by atoms with Crippen molar-refractivity contribution >= 4 is 17.8 Å². The smallest absolute Gasteiger partial charge is 0.276 e. The molecule has 82 valence electrons. The fourth-order valence-corrected chi connectivity index (χ4v) is 1.38. The lowest BCUT2D eigenvalue weighted by atomic mass is 9.83. The molecular weight excluding hydrogens is 212 g/mol. The molecule has 0 aromatic carbocycles. The molecule has 0 radical (unpaired) electrons. The summed E-state index contributed by atoms with van der Waals surface area (Å²) in [6.45, 7) is 1.38. The van der Waals surface area contributed by atoms with Gasteiger partial charge < -0.3 is 0 Å². The minimum Gasteiger partial charge on any atom is -0.276 e. The molecule has 2 rings (SSSR count). The van der Waals surface area contributed by atoms with Crippen LogP contribution in [0.5, 0.6) is 0 Å². The number of amides is 4. The predicted octanol–water partition coefficient (Wildman–Crippen LogP) is -0.900. The molecule has 16 heavy (non-hydrogen) atoms. The maximum absolute atomic E-state index is 11.7. The normalized spacial score (nSPS) is 18.9. The Morgan fingerprint density at radius 1 is 1.12 bits per heavy atom. The highest BCUT2D eigenvalue weighted by molar-refractivity contribution is 6.22. The number of hydrogen-bond acceptors (Lipinski definition) is 5. The molecule has 0 spiro atoms. The monoisotopic (exact) mass is 220 g/mol. The average molecular weight is 220 g/mol. The standard InChI is InChI=1S/C9H8N4O3/c1-9(5-4-10-2-3-11-5)6(14)12-8(16)13-7(9)15/h2-4H,1H3,(H2,12,13,14,15,16). The van der Waals surface area contributed by atoms with Gasteiger partial charge in [0.25, 0.3) is 0 Å². The number of nitrogens with zero attached hydrogens (tertiary/aromatic N) is 2. The quantitative estimate of drug-likeness (QED) is 0.597. The van der Waals surface area contributed by atoms with Crippen LogP contribution in [-0.4, -0.2) is 27.8 Å². The first-order valence-electron chi connectivity index (χ1n) is 4.48. The summed E-state index contributed by atoms with van der Waals surface area (Å²) in [6.07, 6.45) is 4.11. The van der Waals surface area contributed by atoms with Crippen molar-refractivity contribution in [1.82, 2.24) is 20.6 Å². The van der Waals surface area contributed by atoms with Gasteiger partial charge in [-0.3, -0.25) is 30.2 Å². The van der Waals surface area contributed by atoms with Crippen LogP contribution in [0.4, 0.5) is 4.79 Å². The van der Waals surface area contributed by atoms with E-state index in [9.17, 15) is 14.4 Å². The van der Waals surface area contributed by atoms with Gasteiger partial charge in [0.15, 0.2) is 5.41 Å². The molecule has 7 heteroatoms. The molecule has 1 aliphatic heterocycles. The lowest BCUT2D eigenvalue weighted by Crippen LogP contribution is -2.63. The van der Waals surface area contributed by atoms with Gasteiger partial charge in [-0.1, -0.05) is 0 Å². The van der Waals surface area contributed by atoms with Gasteiger partial charge in [0, 0.05) is 18.6 Å². The Morgan fingerprint density at radius 2 is 1.75 bits per heavy atom. The van der Waals surface area contributed by atoms with E-state index in [0.717, 1.165) is 0 Å². The van der Waals surface area contributed by atoms with Crippen molar-refractivity contribution in [3.05, 3.63) is 24.3 Å². The molecule has 0 atom stereocenters. The van der Waals surface area contributed by atoms with Crippen molar-refractivity contribution in [3.63, 3.8) is 0 Å². The summed E-state index contributed by atoms with van der Waals surface area (Å²) in [5, 5.41) is 4.04. The van der Waals surface area contributed by atoms with Crippen LogP contribution < -0.4 is 10.6 Å². The molecular formula is C9H8N4O3. The Hall–Kier alpha value is -2.31. The van der Waals surface area contributed by atoms with E-state index in [-0.39, 0.29) is 5.69 Å². The third kappa shape index (κ3) is 1.33. The maximum atomic E-state index is 11.7. The van der Waals surface area contributed by atoms with E-state index in [4.69, 9.17) is 0 Å². The summed E-state index contributed by atoms with van der Waals surface area (Å²) >= 11 is 0. The topological polar surface area (TPSA) is 101 Å². The Balaban J connectivity index is 2.48. The lowest BCUT2D eigenvalue weighted by Gasteiger charge is -2.29. The number of carbonyl (C=O) groups is 3. The van der Waals surface area contributed by atoms with E-state index >= 15 is 0 Å². The first-order valence-corrected chi connectivity index (χ1v) is 4.48. The summed E-state index contributed by atoms with van der Waals surface area (Å²) < 4.78 is 0. The number of rotatable bonds is 1. The van der Waals surface area contributed by atoms with Crippen LogP contribution in [0.15, 0.2) is 18.6 Å². The molecule has 1 aromatic heterocycles. The first-order chi connectivity index (χ1) is 7.55. The minimum atomic E-state index is -1.53. The zero-order valence-electron chi connectivity index (χ0n) is 8.35. The third-order valence-corrected chi connectivity index (χ3v) is 2.44. The van der Waals surface area contributed by atoms with Gasteiger partial charge >= 0.3 is 6.03 Å². The zero-order valence-corrected chi connectivity index (χ0v) is 8.35. The number of carbonyl (C=O) groups excluding carboxylic acids is 3. The summed E-state index contributed by atoms with van der Waals surface area (Å²) in [5.74, 6) is -1.41. The molecule has 1 saturated heterocycles. The second-order valence-corrected chi connectivity index (χ2v) is 3.45. The van der Waals surface area contributed by atoms with E-state index in [1.807, 2.05) is 10.6 Å². The molecule has 0 unspecified atom stereocenters. The lowest BCUT2D eigenvalue weighted by molar-refractivity contribution is -0.137. The van der Waals surface area contributed by atoms with Gasteiger partial charge in [-0.25, -0.2) is 4.79 Å². The fourth-order valence-electron chi connectivity index (χ4n) is 1.38. The second-order valence-electron chi connectivity index (χ2n) is 3.45. The minimum absolute atomic E-state index is 0.192. The van der Waals surface area contributed by atoms with Gasteiger partial charge in [0.2, 0.25) is 11.8 Å². The molecule has 1 aromatic rings. The highest BCUT2D eigenvalue weighted by atomic mass is 16.2. The maximum Gasteiger partial charge on any atom is 0.328 e. The van der Waals surface area contributed by atoms with Crippen molar-refractivity contribution in [1.29, 1.82) is 0 Å². The Morgan fingerprint density at radius 3 is 2.25 bits per heavy atom. The molecule has 2 heterocycles. The Bertz CT molecular complexity index is 451. The predicted molar refractivity (Wildman–Crippen MR) is 51.1 cm³/mol. The Kier molecular flexibility index (Phi) is 2.15. The molecule has 1 aliphatic rings. The van der Waals surface area contributed by atoms with E-state index in [2.05, 4.69) is 9.97 Å². The van der Waals surface area contributed by atoms with Crippen molar-refractivity contribution in [3.8, 4) is 0 Å². The van der Waals surface area contributed by atoms with Crippen LogP contribution in [0, 0.1) is 0 Å². The average Bonchev–Trinajstić information content (AvgIpc) is 2.27. The second kappa shape index (κ2) is 3.37. The van der Waals surface area contributed by atoms with Crippen molar-refractivity contribution < 1.29 is 14.4 Å². The molecule has 0 saturated carbocycles. The van der Waals surface area contributed by atoms with Crippen molar-refractivity contribution in [2.75, 3.05) is 0 Å². The number of nitrogens with one attached hydrogen (secondary N) is 2. The largest absolute Gasteiger partial charge is 0.328 e. The summed E-state index contributed by atoms with van der Waals surface area (Å²) in [6, 6.07) is -0.823. The first kappa shape index (κ1) is 10.2. The van der Waals surface area contributed by atoms with Crippen LogP contribution in [0.25, 0.3) is 0 Å². The van der Waals surface area contributed by atoms with Crippen LogP contribution in [0.3, 0.4) is 0 Å². The number of imide groups is 2. The van der Waals surface area contributed by atoms with Gasteiger partial charge in [-0.15, -0.1) is 0 Å². The van der Waals surface area contributed by atoms with Crippen molar-refractivity contribution in [2.24, 2.45) is 0 Å². The zero-order chi connectivity index (χ0) is 11.8. The summed E-state index contributed by atoms with van der Waals surface area (Å²) in [4.78, 5) is 41.9. The number of urea groups is 1. The van der Waals surface area contributed by atoms with Gasteiger partial charge in [0.1, 0.15) is 0 Å². The van der Waals surface area contributed by atoms with Crippen LogP contribution in [0.1, 0.15) is 12.6 Å². The van der Waals surface area contributed by atoms with Gasteiger partial charge in [-0.05, 0) is 6.92 Å². The van der Waals surface area contributed by atoms with Gasteiger partial charge in [-0.2, -0.15) is 0 Å². The molecule has 1 fully saturated rings. The highest BCUT2D eigenvalue weighted by Crippen LogP contribution is 2.23.